The zero-order valence-corrected chi connectivity index (χ0v) is 17.0. The molecule has 0 saturated heterocycles. The van der Waals surface area contributed by atoms with E-state index in [0.717, 1.165) is 5.56 Å². The monoisotopic (exact) mass is 387 g/mol. The Bertz CT molecular complexity index is 776. The lowest BCUT2D eigenvalue weighted by molar-refractivity contribution is 0.0949. The average Bonchev–Trinajstić information content (AvgIpc) is 2.67. The molecule has 0 aliphatic rings. The maximum absolute atomic E-state index is 14.1. The zero-order valence-electron chi connectivity index (χ0n) is 17.0. The van der Waals surface area contributed by atoms with Gasteiger partial charge in [-0.05, 0) is 36.1 Å². The summed E-state index contributed by atoms with van der Waals surface area (Å²) in [6.45, 7) is 8.92. The van der Waals surface area contributed by atoms with Gasteiger partial charge in [-0.3, -0.25) is 4.79 Å². The molecule has 1 heterocycles. The molecule has 28 heavy (non-hydrogen) atoms. The molecule has 0 fully saturated rings. The summed E-state index contributed by atoms with van der Waals surface area (Å²) in [6, 6.07) is 10.0. The number of hydrogen-bond donors (Lipinski definition) is 3. The fraction of sp³-hybridized carbons (Fsp3) is 0.455. The molecule has 1 aromatic heterocycles. The van der Waals surface area contributed by atoms with E-state index < -0.39 is 0 Å². The normalized spacial score (nSPS) is 12.4. The summed E-state index contributed by atoms with van der Waals surface area (Å²) in [5, 5.41) is 15.4. The number of halogens is 1. The molecule has 0 unspecified atom stereocenters. The van der Waals surface area contributed by atoms with Crippen LogP contribution in [0.3, 0.4) is 0 Å². The number of nitrogens with one attached hydrogen (secondary N) is 2. The number of hydrogen-bond acceptors (Lipinski definition) is 4. The Morgan fingerprint density at radius 2 is 1.79 bits per heavy atom. The van der Waals surface area contributed by atoms with E-state index in [-0.39, 0.29) is 36.8 Å². The molecule has 6 heteroatoms. The van der Waals surface area contributed by atoms with Gasteiger partial charge in [0.2, 0.25) is 0 Å². The Morgan fingerprint density at radius 1 is 1.11 bits per heavy atom. The minimum absolute atomic E-state index is 0.0146. The van der Waals surface area contributed by atoms with E-state index >= 15 is 0 Å². The molecule has 0 aliphatic heterocycles. The van der Waals surface area contributed by atoms with Gasteiger partial charge in [0.05, 0.1) is 18.0 Å². The molecule has 1 aromatic carbocycles. The van der Waals surface area contributed by atoms with E-state index in [1.807, 2.05) is 39.8 Å². The minimum atomic E-state index is -0.388. The number of nitrogens with zero attached hydrogens (tertiary/aromatic N) is 1. The van der Waals surface area contributed by atoms with Crippen molar-refractivity contribution in [3.63, 3.8) is 0 Å². The van der Waals surface area contributed by atoms with Gasteiger partial charge in [0.25, 0.3) is 5.91 Å². The van der Waals surface area contributed by atoms with Crippen LogP contribution in [0.1, 0.15) is 43.7 Å². The smallest absolute Gasteiger partial charge is 0.251 e. The highest BCUT2D eigenvalue weighted by Crippen LogP contribution is 2.20. The largest absolute Gasteiger partial charge is 0.395 e. The van der Waals surface area contributed by atoms with E-state index in [1.54, 1.807) is 18.2 Å². The van der Waals surface area contributed by atoms with E-state index in [1.165, 1.54) is 6.07 Å². The summed E-state index contributed by atoms with van der Waals surface area (Å²) in [6.07, 6.45) is 0. The minimum Gasteiger partial charge on any atom is -0.395 e. The number of benzene rings is 1. The average molecular weight is 387 g/mol. The molecule has 0 aliphatic carbocycles. The van der Waals surface area contributed by atoms with Crippen LogP contribution < -0.4 is 10.6 Å². The Morgan fingerprint density at radius 3 is 2.36 bits per heavy atom. The Hall–Kier alpha value is -2.31. The first-order valence-corrected chi connectivity index (χ1v) is 9.70. The van der Waals surface area contributed by atoms with Crippen molar-refractivity contribution < 1.29 is 14.3 Å². The molecule has 3 N–H and O–H groups in total. The Balaban J connectivity index is 2.12. The van der Waals surface area contributed by atoms with Gasteiger partial charge in [-0.15, -0.1) is 0 Å². The van der Waals surface area contributed by atoms with Crippen LogP contribution in [0.4, 0.5) is 4.39 Å². The third-order valence-corrected chi connectivity index (χ3v) is 4.57. The second-order valence-corrected chi connectivity index (χ2v) is 7.72. The van der Waals surface area contributed by atoms with Crippen LogP contribution in [0.25, 0.3) is 11.3 Å². The number of aromatic nitrogens is 1. The van der Waals surface area contributed by atoms with Gasteiger partial charge in [-0.25, -0.2) is 9.37 Å². The molecule has 0 bridgehead atoms. The van der Waals surface area contributed by atoms with E-state index in [4.69, 9.17) is 0 Å². The first kappa shape index (κ1) is 22.0. The zero-order chi connectivity index (χ0) is 20.7. The standard InChI is InChI=1S/C22H30FN3O2/c1-14(2)11-25-22(28)17-7-5-16(6-8-17)19-10-9-18(23)20(26-19)12-24-21(13-27)15(3)4/h5-10,14-15,21,24,27H,11-13H2,1-4H3,(H,25,28)/t21-/m0/s1. The van der Waals surface area contributed by atoms with Crippen LogP contribution in [0.5, 0.6) is 0 Å². The predicted molar refractivity (Wildman–Crippen MR) is 109 cm³/mol. The predicted octanol–water partition coefficient (Wildman–Crippen LogP) is 3.38. The molecule has 0 spiro atoms. The highest BCUT2D eigenvalue weighted by molar-refractivity contribution is 5.94. The van der Waals surface area contributed by atoms with Crippen molar-refractivity contribution in [3.8, 4) is 11.3 Å². The van der Waals surface area contributed by atoms with Crippen LogP contribution in [-0.2, 0) is 6.54 Å². The van der Waals surface area contributed by atoms with Gasteiger partial charge in [-0.2, -0.15) is 0 Å². The Kier molecular flexibility index (Phi) is 8.08. The second-order valence-electron chi connectivity index (χ2n) is 7.72. The lowest BCUT2D eigenvalue weighted by Crippen LogP contribution is -2.36. The number of amides is 1. The molecular weight excluding hydrogens is 357 g/mol. The third kappa shape index (κ3) is 6.11. The number of carbonyl (C=O) groups is 1. The van der Waals surface area contributed by atoms with Gasteiger partial charge in [-0.1, -0.05) is 39.8 Å². The topological polar surface area (TPSA) is 74.2 Å². The highest BCUT2D eigenvalue weighted by atomic mass is 19.1. The molecule has 0 radical (unpaired) electrons. The van der Waals surface area contributed by atoms with Crippen molar-refractivity contribution in [1.29, 1.82) is 0 Å². The summed E-state index contributed by atoms with van der Waals surface area (Å²) in [4.78, 5) is 16.5. The molecule has 152 valence electrons. The summed E-state index contributed by atoms with van der Waals surface area (Å²) < 4.78 is 14.1. The molecule has 2 aromatic rings. The van der Waals surface area contributed by atoms with Crippen molar-refractivity contribution in [1.82, 2.24) is 15.6 Å². The van der Waals surface area contributed by atoms with E-state index in [9.17, 15) is 14.3 Å². The Labute approximate surface area is 166 Å². The van der Waals surface area contributed by atoms with Crippen LogP contribution in [0, 0.1) is 17.7 Å². The van der Waals surface area contributed by atoms with Gasteiger partial charge in [0.15, 0.2) is 0 Å². The third-order valence-electron chi connectivity index (χ3n) is 4.57. The molecule has 2 rings (SSSR count). The van der Waals surface area contributed by atoms with Crippen LogP contribution >= 0.6 is 0 Å². The van der Waals surface area contributed by atoms with Gasteiger partial charge in [0, 0.05) is 30.3 Å². The van der Waals surface area contributed by atoms with Crippen molar-refractivity contribution in [3.05, 3.63) is 53.5 Å². The number of aliphatic hydroxyl groups is 1. The summed E-state index contributed by atoms with van der Waals surface area (Å²) >= 11 is 0. The van der Waals surface area contributed by atoms with Crippen LogP contribution in [0.15, 0.2) is 36.4 Å². The molecule has 5 nitrogen and oxygen atoms in total. The number of rotatable bonds is 9. The molecule has 1 atom stereocenters. The van der Waals surface area contributed by atoms with Crippen molar-refractivity contribution in [2.45, 2.75) is 40.3 Å². The summed E-state index contributed by atoms with van der Waals surface area (Å²) in [5.74, 6) is 0.118. The lowest BCUT2D eigenvalue weighted by Gasteiger charge is -2.20. The maximum Gasteiger partial charge on any atom is 0.251 e. The SMILES string of the molecule is CC(C)CNC(=O)c1ccc(-c2ccc(F)c(CN[C@@H](CO)C(C)C)n2)cc1. The van der Waals surface area contributed by atoms with E-state index in [2.05, 4.69) is 15.6 Å². The highest BCUT2D eigenvalue weighted by Gasteiger charge is 2.14. The number of carbonyl (C=O) groups excluding carboxylic acids is 1. The van der Waals surface area contributed by atoms with Gasteiger partial charge >= 0.3 is 0 Å². The molecule has 0 saturated carbocycles. The fourth-order valence-electron chi connectivity index (χ4n) is 2.70. The van der Waals surface area contributed by atoms with Crippen molar-refractivity contribution >= 4 is 5.91 Å². The first-order chi connectivity index (χ1) is 13.3. The van der Waals surface area contributed by atoms with Crippen LogP contribution in [-0.4, -0.2) is 35.2 Å². The number of pyridine rings is 1. The quantitative estimate of drug-likeness (QED) is 0.617. The van der Waals surface area contributed by atoms with Gasteiger partial charge in [0.1, 0.15) is 5.82 Å². The van der Waals surface area contributed by atoms with Crippen LogP contribution in [0.2, 0.25) is 0 Å². The molecular formula is C22H30FN3O2. The fourth-order valence-corrected chi connectivity index (χ4v) is 2.70. The van der Waals surface area contributed by atoms with Crippen molar-refractivity contribution in [2.75, 3.05) is 13.2 Å². The summed E-state index contributed by atoms with van der Waals surface area (Å²) in [7, 11) is 0. The molecule has 1 amide bonds. The van der Waals surface area contributed by atoms with E-state index in [0.29, 0.717) is 29.4 Å². The number of aliphatic hydroxyl groups excluding tert-OH is 1. The second kappa shape index (κ2) is 10.3. The maximum atomic E-state index is 14.1. The van der Waals surface area contributed by atoms with Gasteiger partial charge < -0.3 is 15.7 Å². The summed E-state index contributed by atoms with van der Waals surface area (Å²) in [5.41, 5.74) is 2.33. The first-order valence-electron chi connectivity index (χ1n) is 9.70. The lowest BCUT2D eigenvalue weighted by atomic mass is 10.1. The van der Waals surface area contributed by atoms with Crippen molar-refractivity contribution in [2.24, 2.45) is 11.8 Å².